The van der Waals surface area contributed by atoms with E-state index in [1.54, 1.807) is 13.2 Å². The minimum atomic E-state index is -0.0513. The topological polar surface area (TPSA) is 64.3 Å². The van der Waals surface area contributed by atoms with Crippen LogP contribution in [0.1, 0.15) is 15.9 Å². The monoisotopic (exact) mass is 192 g/mol. The summed E-state index contributed by atoms with van der Waals surface area (Å²) in [5.41, 5.74) is 7.99. The maximum Gasteiger partial charge on any atom is 0.251 e. The van der Waals surface area contributed by atoms with Gasteiger partial charge in [-0.2, -0.15) is 0 Å². The Labute approximate surface area is 82.1 Å². The summed E-state index contributed by atoms with van der Waals surface area (Å²) < 4.78 is 5.05. The number of hydrogen-bond donors (Lipinski definition) is 2. The molecule has 1 amide bonds. The van der Waals surface area contributed by atoms with Gasteiger partial charge in [-0.25, -0.2) is 0 Å². The third-order valence-corrected chi connectivity index (χ3v) is 2.38. The Morgan fingerprint density at radius 2 is 2.29 bits per heavy atom. The van der Waals surface area contributed by atoms with Gasteiger partial charge in [0.2, 0.25) is 0 Å². The molecule has 0 unspecified atom stereocenters. The Bertz CT molecular complexity index is 388. The molecule has 74 valence electrons. The Kier molecular flexibility index (Phi) is 2.04. The smallest absolute Gasteiger partial charge is 0.251 e. The lowest BCUT2D eigenvalue weighted by Gasteiger charge is -2.18. The van der Waals surface area contributed by atoms with Crippen LogP contribution in [0.4, 0.5) is 5.69 Å². The Balaban J connectivity index is 2.54. The van der Waals surface area contributed by atoms with Crippen LogP contribution < -0.4 is 15.8 Å². The molecule has 3 N–H and O–H groups in total. The van der Waals surface area contributed by atoms with Gasteiger partial charge in [-0.3, -0.25) is 4.79 Å². The molecule has 0 atom stereocenters. The molecule has 0 fully saturated rings. The second kappa shape index (κ2) is 3.21. The lowest BCUT2D eigenvalue weighted by Crippen LogP contribution is -2.31. The molecule has 14 heavy (non-hydrogen) atoms. The molecule has 4 heteroatoms. The SMILES string of the molecule is COc1cc2c(cc1N)CCNC2=O. The van der Waals surface area contributed by atoms with Gasteiger partial charge in [0.15, 0.2) is 0 Å². The summed E-state index contributed by atoms with van der Waals surface area (Å²) in [7, 11) is 1.54. The standard InChI is InChI=1S/C10H12N2O2/c1-14-9-5-7-6(4-8(9)11)2-3-12-10(7)13/h4-5H,2-3,11H2,1H3,(H,12,13). The summed E-state index contributed by atoms with van der Waals surface area (Å²) in [6, 6.07) is 3.51. The Morgan fingerprint density at radius 1 is 1.50 bits per heavy atom. The average Bonchev–Trinajstić information content (AvgIpc) is 2.17. The summed E-state index contributed by atoms with van der Waals surface area (Å²) in [6.07, 6.45) is 0.829. The van der Waals surface area contributed by atoms with E-state index in [0.717, 1.165) is 12.0 Å². The lowest BCUT2D eigenvalue weighted by atomic mass is 9.99. The van der Waals surface area contributed by atoms with Crippen molar-refractivity contribution in [3.05, 3.63) is 23.3 Å². The fourth-order valence-corrected chi connectivity index (χ4v) is 1.64. The number of nitrogen functional groups attached to an aromatic ring is 1. The molecule has 0 spiro atoms. The highest BCUT2D eigenvalue weighted by Gasteiger charge is 2.18. The normalized spacial score (nSPS) is 14.5. The van der Waals surface area contributed by atoms with Crippen molar-refractivity contribution in [3.8, 4) is 5.75 Å². The van der Waals surface area contributed by atoms with E-state index in [1.165, 1.54) is 0 Å². The fraction of sp³-hybridized carbons (Fsp3) is 0.300. The molecule has 0 aromatic heterocycles. The number of carbonyl (C=O) groups is 1. The van der Waals surface area contributed by atoms with Crippen molar-refractivity contribution in [2.24, 2.45) is 0 Å². The number of benzene rings is 1. The van der Waals surface area contributed by atoms with Gasteiger partial charge in [-0.05, 0) is 24.1 Å². The number of methoxy groups -OCH3 is 1. The van der Waals surface area contributed by atoms with Crippen LogP contribution in [-0.4, -0.2) is 19.6 Å². The Morgan fingerprint density at radius 3 is 3.00 bits per heavy atom. The first-order valence-corrected chi connectivity index (χ1v) is 4.47. The number of fused-ring (bicyclic) bond motifs is 1. The van der Waals surface area contributed by atoms with E-state index < -0.39 is 0 Å². The van der Waals surface area contributed by atoms with Crippen LogP contribution in [-0.2, 0) is 6.42 Å². The third-order valence-electron chi connectivity index (χ3n) is 2.38. The summed E-state index contributed by atoms with van der Waals surface area (Å²) in [5, 5.41) is 2.77. The maximum absolute atomic E-state index is 11.5. The lowest BCUT2D eigenvalue weighted by molar-refractivity contribution is 0.0945. The minimum Gasteiger partial charge on any atom is -0.495 e. The number of ether oxygens (including phenoxy) is 1. The molecular weight excluding hydrogens is 180 g/mol. The molecule has 1 aliphatic rings. The van der Waals surface area contributed by atoms with E-state index >= 15 is 0 Å². The van der Waals surface area contributed by atoms with Crippen LogP contribution >= 0.6 is 0 Å². The van der Waals surface area contributed by atoms with Crippen molar-refractivity contribution < 1.29 is 9.53 Å². The van der Waals surface area contributed by atoms with Crippen LogP contribution in [0.2, 0.25) is 0 Å². The van der Waals surface area contributed by atoms with Gasteiger partial charge in [0.1, 0.15) is 5.75 Å². The van der Waals surface area contributed by atoms with Crippen molar-refractivity contribution in [1.29, 1.82) is 0 Å². The van der Waals surface area contributed by atoms with Gasteiger partial charge in [0.05, 0.1) is 12.8 Å². The second-order valence-corrected chi connectivity index (χ2v) is 3.26. The molecule has 4 nitrogen and oxygen atoms in total. The third kappa shape index (κ3) is 1.28. The van der Waals surface area contributed by atoms with Gasteiger partial charge in [-0.15, -0.1) is 0 Å². The molecular formula is C10H12N2O2. The molecule has 0 saturated heterocycles. The highest BCUT2D eigenvalue weighted by Crippen LogP contribution is 2.27. The molecule has 0 radical (unpaired) electrons. The van der Waals surface area contributed by atoms with E-state index in [-0.39, 0.29) is 5.91 Å². The summed E-state index contributed by atoms with van der Waals surface area (Å²) in [6.45, 7) is 0.678. The molecule has 0 bridgehead atoms. The van der Waals surface area contributed by atoms with Crippen molar-refractivity contribution in [3.63, 3.8) is 0 Å². The number of hydrogen-bond acceptors (Lipinski definition) is 3. The second-order valence-electron chi connectivity index (χ2n) is 3.26. The largest absolute Gasteiger partial charge is 0.495 e. The number of rotatable bonds is 1. The van der Waals surface area contributed by atoms with Crippen LogP contribution in [0, 0.1) is 0 Å². The highest BCUT2D eigenvalue weighted by molar-refractivity contribution is 5.97. The van der Waals surface area contributed by atoms with E-state index in [2.05, 4.69) is 5.32 Å². The minimum absolute atomic E-state index is 0.0513. The average molecular weight is 192 g/mol. The first-order chi connectivity index (χ1) is 6.72. The number of carbonyl (C=O) groups excluding carboxylic acids is 1. The number of nitrogens with two attached hydrogens (primary N) is 1. The van der Waals surface area contributed by atoms with E-state index in [4.69, 9.17) is 10.5 Å². The van der Waals surface area contributed by atoms with Gasteiger partial charge in [0, 0.05) is 12.1 Å². The zero-order chi connectivity index (χ0) is 10.1. The zero-order valence-corrected chi connectivity index (χ0v) is 7.96. The van der Waals surface area contributed by atoms with Crippen molar-refractivity contribution in [1.82, 2.24) is 5.32 Å². The van der Waals surface area contributed by atoms with Gasteiger partial charge < -0.3 is 15.8 Å². The first-order valence-electron chi connectivity index (χ1n) is 4.47. The zero-order valence-electron chi connectivity index (χ0n) is 7.96. The molecule has 1 aromatic carbocycles. The highest BCUT2D eigenvalue weighted by atomic mass is 16.5. The number of anilines is 1. The van der Waals surface area contributed by atoms with Crippen LogP contribution in [0.5, 0.6) is 5.75 Å². The van der Waals surface area contributed by atoms with Crippen molar-refractivity contribution in [2.45, 2.75) is 6.42 Å². The van der Waals surface area contributed by atoms with Crippen LogP contribution in [0.3, 0.4) is 0 Å². The predicted octanol–water partition coefficient (Wildman–Crippen LogP) is 0.563. The van der Waals surface area contributed by atoms with Gasteiger partial charge in [-0.1, -0.05) is 0 Å². The molecule has 1 aromatic rings. The van der Waals surface area contributed by atoms with Crippen molar-refractivity contribution in [2.75, 3.05) is 19.4 Å². The molecule has 1 aliphatic heterocycles. The summed E-state index contributed by atoms with van der Waals surface area (Å²) in [5.74, 6) is 0.505. The molecule has 2 rings (SSSR count). The fourth-order valence-electron chi connectivity index (χ4n) is 1.64. The number of amides is 1. The molecule has 0 saturated carbocycles. The quantitative estimate of drug-likeness (QED) is 0.639. The molecule has 0 aliphatic carbocycles. The van der Waals surface area contributed by atoms with Crippen LogP contribution in [0.15, 0.2) is 12.1 Å². The van der Waals surface area contributed by atoms with Gasteiger partial charge in [0.25, 0.3) is 5.91 Å². The Hall–Kier alpha value is -1.71. The molecule has 1 heterocycles. The van der Waals surface area contributed by atoms with Gasteiger partial charge >= 0.3 is 0 Å². The van der Waals surface area contributed by atoms with Crippen LogP contribution in [0.25, 0.3) is 0 Å². The van der Waals surface area contributed by atoms with Crippen molar-refractivity contribution >= 4 is 11.6 Å². The predicted molar refractivity (Wildman–Crippen MR) is 53.4 cm³/mol. The number of nitrogens with one attached hydrogen (secondary N) is 1. The maximum atomic E-state index is 11.5. The first kappa shape index (κ1) is 8.87. The summed E-state index contributed by atoms with van der Waals surface area (Å²) >= 11 is 0. The van der Waals surface area contributed by atoms with E-state index in [1.807, 2.05) is 6.07 Å². The van der Waals surface area contributed by atoms with E-state index in [9.17, 15) is 4.79 Å². The summed E-state index contributed by atoms with van der Waals surface area (Å²) in [4.78, 5) is 11.5. The van der Waals surface area contributed by atoms with E-state index in [0.29, 0.717) is 23.5 Å².